The third-order valence-corrected chi connectivity index (χ3v) is 5.48. The SMILES string of the molecule is CCN1C[C@H](OCCCN)C[C@H]1CNC(=O)c1cc(CCCF)cc(OC)c1OC. The van der Waals surface area contributed by atoms with Crippen molar-refractivity contribution in [3.05, 3.63) is 23.3 Å². The Bertz CT molecular complexity index is 674. The van der Waals surface area contributed by atoms with Crippen molar-refractivity contribution in [2.45, 2.75) is 44.8 Å². The molecule has 30 heavy (non-hydrogen) atoms. The quantitative estimate of drug-likeness (QED) is 0.471. The third-order valence-electron chi connectivity index (χ3n) is 5.48. The van der Waals surface area contributed by atoms with Crippen LogP contribution in [0, 0.1) is 0 Å². The lowest BCUT2D eigenvalue weighted by Gasteiger charge is -2.23. The summed E-state index contributed by atoms with van der Waals surface area (Å²) in [5, 5.41) is 3.04. The Morgan fingerprint density at radius 3 is 2.73 bits per heavy atom. The summed E-state index contributed by atoms with van der Waals surface area (Å²) < 4.78 is 29.3. The van der Waals surface area contributed by atoms with Crippen LogP contribution in [-0.2, 0) is 11.2 Å². The molecule has 1 aliphatic heterocycles. The van der Waals surface area contributed by atoms with Crippen molar-refractivity contribution in [1.82, 2.24) is 10.2 Å². The number of benzene rings is 1. The van der Waals surface area contributed by atoms with Gasteiger partial charge >= 0.3 is 0 Å². The number of nitrogens with one attached hydrogen (secondary N) is 1. The van der Waals surface area contributed by atoms with Crippen LogP contribution in [0.25, 0.3) is 0 Å². The molecule has 7 nitrogen and oxygen atoms in total. The molecule has 1 amide bonds. The van der Waals surface area contributed by atoms with Crippen molar-refractivity contribution in [3.63, 3.8) is 0 Å². The van der Waals surface area contributed by atoms with Crippen LogP contribution in [0.1, 0.15) is 42.1 Å². The van der Waals surface area contributed by atoms with Gasteiger partial charge in [-0.25, -0.2) is 0 Å². The van der Waals surface area contributed by atoms with E-state index in [9.17, 15) is 9.18 Å². The Hall–Kier alpha value is -1.90. The average Bonchev–Trinajstić information content (AvgIpc) is 3.17. The first-order chi connectivity index (χ1) is 14.6. The van der Waals surface area contributed by atoms with Crippen molar-refractivity contribution in [2.75, 3.05) is 53.7 Å². The molecule has 0 bridgehead atoms. The highest BCUT2D eigenvalue weighted by Gasteiger charge is 2.32. The number of alkyl halides is 1. The van der Waals surface area contributed by atoms with Gasteiger partial charge in [0.25, 0.3) is 5.91 Å². The Kier molecular flexibility index (Phi) is 10.3. The molecular weight excluding hydrogens is 389 g/mol. The summed E-state index contributed by atoms with van der Waals surface area (Å²) in [7, 11) is 3.04. The van der Waals surface area contributed by atoms with Crippen LogP contribution in [0.4, 0.5) is 4.39 Å². The molecule has 1 aliphatic rings. The number of likely N-dealkylation sites (tertiary alicyclic amines) is 1. The van der Waals surface area contributed by atoms with Gasteiger partial charge in [-0.2, -0.15) is 0 Å². The first kappa shape index (κ1) is 24.4. The standard InChI is InChI=1S/C22H36FN3O4/c1-4-26-15-18(30-10-6-9-24)13-17(26)14-25-22(27)19-11-16(7-5-8-23)12-20(28-2)21(19)29-3/h11-12,17-18H,4-10,13-15,24H2,1-3H3,(H,25,27)/t17-,18+/m0/s1. The molecule has 1 fully saturated rings. The second kappa shape index (κ2) is 12.7. The van der Waals surface area contributed by atoms with Gasteiger partial charge in [-0.15, -0.1) is 0 Å². The summed E-state index contributed by atoms with van der Waals surface area (Å²) in [6, 6.07) is 3.77. The van der Waals surface area contributed by atoms with E-state index in [0.29, 0.717) is 49.6 Å². The fourth-order valence-corrected chi connectivity index (χ4v) is 3.90. The number of nitrogens with zero attached hydrogens (tertiary/aromatic N) is 1. The Labute approximate surface area is 179 Å². The molecule has 1 heterocycles. The van der Waals surface area contributed by atoms with Gasteiger partial charge < -0.3 is 25.3 Å². The summed E-state index contributed by atoms with van der Waals surface area (Å²) in [6.07, 6.45) is 2.82. The number of likely N-dealkylation sites (N-methyl/N-ethyl adjacent to an activating group) is 1. The number of methoxy groups -OCH3 is 2. The lowest BCUT2D eigenvalue weighted by atomic mass is 10.0. The zero-order chi connectivity index (χ0) is 21.9. The Balaban J connectivity index is 2.05. The number of halogens is 1. The third kappa shape index (κ3) is 6.55. The number of aryl methyl sites for hydroxylation is 1. The number of rotatable bonds is 13. The van der Waals surface area contributed by atoms with Crippen LogP contribution in [0.15, 0.2) is 12.1 Å². The second-order valence-electron chi connectivity index (χ2n) is 7.49. The van der Waals surface area contributed by atoms with E-state index < -0.39 is 6.67 Å². The first-order valence-corrected chi connectivity index (χ1v) is 10.7. The monoisotopic (exact) mass is 425 g/mol. The summed E-state index contributed by atoms with van der Waals surface area (Å²) in [4.78, 5) is 15.3. The number of nitrogens with two attached hydrogens (primary N) is 1. The van der Waals surface area contributed by atoms with Gasteiger partial charge in [-0.1, -0.05) is 6.92 Å². The number of carbonyl (C=O) groups is 1. The Morgan fingerprint density at radius 1 is 1.30 bits per heavy atom. The molecule has 0 spiro atoms. The molecule has 0 saturated carbocycles. The minimum Gasteiger partial charge on any atom is -0.493 e. The maximum absolute atomic E-state index is 13.0. The van der Waals surface area contributed by atoms with Gasteiger partial charge in [0.2, 0.25) is 0 Å². The van der Waals surface area contributed by atoms with E-state index in [2.05, 4.69) is 17.1 Å². The highest BCUT2D eigenvalue weighted by atomic mass is 19.1. The minimum absolute atomic E-state index is 0.164. The van der Waals surface area contributed by atoms with Crippen LogP contribution in [0.3, 0.4) is 0 Å². The second-order valence-corrected chi connectivity index (χ2v) is 7.49. The largest absolute Gasteiger partial charge is 0.493 e. The van der Waals surface area contributed by atoms with E-state index in [0.717, 1.165) is 31.5 Å². The molecule has 3 N–H and O–H groups in total. The Morgan fingerprint density at radius 2 is 2.10 bits per heavy atom. The van der Waals surface area contributed by atoms with Crippen molar-refractivity contribution in [3.8, 4) is 11.5 Å². The van der Waals surface area contributed by atoms with E-state index in [4.69, 9.17) is 19.9 Å². The predicted molar refractivity (Wildman–Crippen MR) is 115 cm³/mol. The van der Waals surface area contributed by atoms with E-state index in [1.54, 1.807) is 12.1 Å². The summed E-state index contributed by atoms with van der Waals surface area (Å²) >= 11 is 0. The van der Waals surface area contributed by atoms with E-state index in [1.165, 1.54) is 14.2 Å². The topological polar surface area (TPSA) is 86.1 Å². The smallest absolute Gasteiger partial charge is 0.255 e. The number of hydrogen-bond donors (Lipinski definition) is 2. The van der Waals surface area contributed by atoms with E-state index in [-0.39, 0.29) is 18.1 Å². The lowest BCUT2D eigenvalue weighted by molar-refractivity contribution is 0.0589. The van der Waals surface area contributed by atoms with E-state index in [1.807, 2.05) is 0 Å². The maximum Gasteiger partial charge on any atom is 0.255 e. The van der Waals surface area contributed by atoms with Crippen LogP contribution in [-0.4, -0.2) is 76.6 Å². The van der Waals surface area contributed by atoms with Crippen molar-refractivity contribution >= 4 is 5.91 Å². The summed E-state index contributed by atoms with van der Waals surface area (Å²) in [5.74, 6) is 0.639. The number of carbonyl (C=O) groups excluding carboxylic acids is 1. The zero-order valence-electron chi connectivity index (χ0n) is 18.4. The molecule has 0 aromatic heterocycles. The molecule has 0 aliphatic carbocycles. The predicted octanol–water partition coefficient (Wildman–Crippen LogP) is 2.16. The summed E-state index contributed by atoms with van der Waals surface area (Å²) in [5.41, 5.74) is 6.79. The average molecular weight is 426 g/mol. The molecule has 1 aromatic rings. The molecule has 0 unspecified atom stereocenters. The van der Waals surface area contributed by atoms with Crippen LogP contribution in [0.2, 0.25) is 0 Å². The van der Waals surface area contributed by atoms with E-state index >= 15 is 0 Å². The minimum atomic E-state index is -0.404. The van der Waals surface area contributed by atoms with Crippen LogP contribution >= 0.6 is 0 Å². The first-order valence-electron chi connectivity index (χ1n) is 10.7. The van der Waals surface area contributed by atoms with Gasteiger partial charge in [0.05, 0.1) is 32.6 Å². The zero-order valence-corrected chi connectivity index (χ0v) is 18.4. The number of amides is 1. The summed E-state index contributed by atoms with van der Waals surface area (Å²) in [6.45, 7) is 5.27. The van der Waals surface area contributed by atoms with Gasteiger partial charge in [-0.05, 0) is 56.5 Å². The number of hydrogen-bond acceptors (Lipinski definition) is 6. The van der Waals surface area contributed by atoms with Crippen LogP contribution < -0.4 is 20.5 Å². The van der Waals surface area contributed by atoms with Crippen LogP contribution in [0.5, 0.6) is 11.5 Å². The molecule has 2 atom stereocenters. The molecule has 0 radical (unpaired) electrons. The fraction of sp³-hybridized carbons (Fsp3) is 0.682. The molecule has 1 saturated heterocycles. The maximum atomic E-state index is 13.0. The molecule has 1 aromatic carbocycles. The van der Waals surface area contributed by atoms with Gasteiger partial charge in [0, 0.05) is 25.7 Å². The lowest BCUT2D eigenvalue weighted by Crippen LogP contribution is -2.40. The van der Waals surface area contributed by atoms with Crippen molar-refractivity contribution in [2.24, 2.45) is 5.73 Å². The molecule has 2 rings (SSSR count). The number of ether oxygens (including phenoxy) is 3. The molecular formula is C22H36FN3O4. The van der Waals surface area contributed by atoms with Crippen molar-refractivity contribution < 1.29 is 23.4 Å². The van der Waals surface area contributed by atoms with Gasteiger partial charge in [0.1, 0.15) is 0 Å². The van der Waals surface area contributed by atoms with Gasteiger partial charge in [0.15, 0.2) is 11.5 Å². The molecule has 170 valence electrons. The molecule has 8 heteroatoms. The van der Waals surface area contributed by atoms with Gasteiger partial charge in [-0.3, -0.25) is 14.1 Å². The van der Waals surface area contributed by atoms with Crippen molar-refractivity contribution in [1.29, 1.82) is 0 Å². The normalized spacial score (nSPS) is 19.1. The highest BCUT2D eigenvalue weighted by molar-refractivity contribution is 5.98. The highest BCUT2D eigenvalue weighted by Crippen LogP contribution is 2.33. The fourth-order valence-electron chi connectivity index (χ4n) is 3.90.